The van der Waals surface area contributed by atoms with E-state index in [1.165, 1.54) is 23.1 Å². The summed E-state index contributed by atoms with van der Waals surface area (Å²) < 4.78 is 7.18. The van der Waals surface area contributed by atoms with Gasteiger partial charge in [0.1, 0.15) is 5.75 Å². The SMILES string of the molecule is Cc1cc(C(=O)COC(=O)c2cccc(O)c2)c(C)n1Cc1cccs1. The first-order chi connectivity index (χ1) is 12.5. The minimum atomic E-state index is -0.637. The number of aryl methyl sites for hydroxylation is 1. The molecule has 0 bridgehead atoms. The van der Waals surface area contributed by atoms with Crippen LogP contribution in [0.5, 0.6) is 5.75 Å². The van der Waals surface area contributed by atoms with Gasteiger partial charge in [0.15, 0.2) is 6.61 Å². The van der Waals surface area contributed by atoms with E-state index in [4.69, 9.17) is 4.74 Å². The topological polar surface area (TPSA) is 68.5 Å². The molecule has 0 aliphatic carbocycles. The summed E-state index contributed by atoms with van der Waals surface area (Å²) in [5.74, 6) is -0.909. The van der Waals surface area contributed by atoms with Crippen molar-refractivity contribution in [2.45, 2.75) is 20.4 Å². The Hall–Kier alpha value is -2.86. The van der Waals surface area contributed by atoms with E-state index in [0.29, 0.717) is 12.1 Å². The molecule has 5 nitrogen and oxygen atoms in total. The average Bonchev–Trinajstić information content (AvgIpc) is 3.23. The van der Waals surface area contributed by atoms with Gasteiger partial charge in [-0.05, 0) is 49.6 Å². The van der Waals surface area contributed by atoms with Crippen molar-refractivity contribution >= 4 is 23.1 Å². The first kappa shape index (κ1) is 17.9. The predicted octanol–water partition coefficient (Wildman–Crippen LogP) is 3.96. The molecule has 0 amide bonds. The summed E-state index contributed by atoms with van der Waals surface area (Å²) in [5, 5.41) is 11.4. The molecule has 0 radical (unpaired) electrons. The third-order valence-corrected chi connectivity index (χ3v) is 5.05. The van der Waals surface area contributed by atoms with Crippen LogP contribution in [-0.4, -0.2) is 28.0 Å². The molecule has 0 spiro atoms. The van der Waals surface area contributed by atoms with E-state index in [-0.39, 0.29) is 23.7 Å². The number of esters is 1. The molecular formula is C20H19NO4S. The molecule has 2 aromatic heterocycles. The summed E-state index contributed by atoms with van der Waals surface area (Å²) in [6.07, 6.45) is 0. The zero-order valence-corrected chi connectivity index (χ0v) is 15.4. The number of ether oxygens (including phenoxy) is 1. The van der Waals surface area contributed by atoms with Crippen molar-refractivity contribution in [1.82, 2.24) is 4.57 Å². The molecule has 3 aromatic rings. The van der Waals surface area contributed by atoms with E-state index >= 15 is 0 Å². The maximum Gasteiger partial charge on any atom is 0.338 e. The summed E-state index contributed by atoms with van der Waals surface area (Å²) in [4.78, 5) is 25.7. The van der Waals surface area contributed by atoms with E-state index in [1.807, 2.05) is 31.4 Å². The molecule has 0 saturated carbocycles. The number of ketones is 1. The van der Waals surface area contributed by atoms with Crippen molar-refractivity contribution in [3.63, 3.8) is 0 Å². The van der Waals surface area contributed by atoms with Gasteiger partial charge in [-0.15, -0.1) is 11.3 Å². The first-order valence-electron chi connectivity index (χ1n) is 8.14. The van der Waals surface area contributed by atoms with Crippen LogP contribution in [0, 0.1) is 13.8 Å². The number of nitrogens with zero attached hydrogens (tertiary/aromatic N) is 1. The van der Waals surface area contributed by atoms with Crippen molar-refractivity contribution in [3.05, 3.63) is 75.2 Å². The third kappa shape index (κ3) is 3.86. The molecule has 0 saturated heterocycles. The normalized spacial score (nSPS) is 10.7. The number of Topliss-reactive ketones (excluding diaryl/α,β-unsaturated/α-hetero) is 1. The second-order valence-corrected chi connectivity index (χ2v) is 7.03. The zero-order chi connectivity index (χ0) is 18.7. The van der Waals surface area contributed by atoms with Crippen molar-refractivity contribution in [3.8, 4) is 5.75 Å². The fraction of sp³-hybridized carbons (Fsp3) is 0.200. The first-order valence-corrected chi connectivity index (χ1v) is 9.02. The minimum absolute atomic E-state index is 0.0251. The lowest BCUT2D eigenvalue weighted by Crippen LogP contribution is -2.15. The number of phenols is 1. The highest BCUT2D eigenvalue weighted by molar-refractivity contribution is 7.09. The second kappa shape index (κ2) is 7.58. The smallest absolute Gasteiger partial charge is 0.338 e. The van der Waals surface area contributed by atoms with Crippen LogP contribution in [0.1, 0.15) is 37.0 Å². The van der Waals surface area contributed by atoms with E-state index < -0.39 is 5.97 Å². The lowest BCUT2D eigenvalue weighted by molar-refractivity contribution is 0.0474. The second-order valence-electron chi connectivity index (χ2n) is 6.00. The van der Waals surface area contributed by atoms with Crippen LogP contribution < -0.4 is 0 Å². The van der Waals surface area contributed by atoms with Gasteiger partial charge in [0.2, 0.25) is 5.78 Å². The van der Waals surface area contributed by atoms with Crippen LogP contribution in [0.25, 0.3) is 0 Å². The van der Waals surface area contributed by atoms with Crippen molar-refractivity contribution < 1.29 is 19.4 Å². The highest BCUT2D eigenvalue weighted by Crippen LogP contribution is 2.20. The Morgan fingerprint density at radius 2 is 1.96 bits per heavy atom. The summed E-state index contributed by atoms with van der Waals surface area (Å²) >= 11 is 1.67. The Bertz CT molecular complexity index is 941. The number of phenolic OH excluding ortho intramolecular Hbond substituents is 1. The molecule has 0 atom stereocenters. The number of carbonyl (C=O) groups excluding carboxylic acids is 2. The highest BCUT2D eigenvalue weighted by Gasteiger charge is 2.18. The molecule has 2 heterocycles. The van der Waals surface area contributed by atoms with Crippen molar-refractivity contribution in [2.24, 2.45) is 0 Å². The Balaban J connectivity index is 1.69. The fourth-order valence-electron chi connectivity index (χ4n) is 2.81. The molecule has 0 unspecified atom stereocenters. The Morgan fingerprint density at radius 1 is 1.15 bits per heavy atom. The predicted molar refractivity (Wildman–Crippen MR) is 100 cm³/mol. The van der Waals surface area contributed by atoms with Crippen LogP contribution in [0.2, 0.25) is 0 Å². The van der Waals surface area contributed by atoms with E-state index in [1.54, 1.807) is 17.4 Å². The lowest BCUT2D eigenvalue weighted by atomic mass is 10.1. The number of aromatic hydroxyl groups is 1. The van der Waals surface area contributed by atoms with Crippen LogP contribution in [0.3, 0.4) is 0 Å². The number of rotatable bonds is 6. The van der Waals surface area contributed by atoms with Gasteiger partial charge in [-0.3, -0.25) is 4.79 Å². The quantitative estimate of drug-likeness (QED) is 0.527. The number of hydrogen-bond acceptors (Lipinski definition) is 5. The Labute approximate surface area is 155 Å². The molecule has 0 aliphatic heterocycles. The molecule has 26 heavy (non-hydrogen) atoms. The molecule has 6 heteroatoms. The van der Waals surface area contributed by atoms with Gasteiger partial charge >= 0.3 is 5.97 Å². The monoisotopic (exact) mass is 369 g/mol. The maximum absolute atomic E-state index is 12.5. The van der Waals surface area contributed by atoms with Gasteiger partial charge < -0.3 is 14.4 Å². The zero-order valence-electron chi connectivity index (χ0n) is 14.6. The van der Waals surface area contributed by atoms with Gasteiger partial charge in [0.05, 0.1) is 12.1 Å². The number of thiophene rings is 1. The average molecular weight is 369 g/mol. The summed E-state index contributed by atoms with van der Waals surface area (Å²) in [5.41, 5.74) is 2.61. The van der Waals surface area contributed by atoms with Gasteiger partial charge in [0.25, 0.3) is 0 Å². The fourth-order valence-corrected chi connectivity index (χ4v) is 3.50. The molecule has 134 valence electrons. The third-order valence-electron chi connectivity index (χ3n) is 4.18. The Kier molecular flexibility index (Phi) is 5.23. The standard InChI is InChI=1S/C20H19NO4S/c1-13-9-18(14(2)21(13)11-17-7-4-8-26-17)19(23)12-25-20(24)15-5-3-6-16(22)10-15/h3-10,22H,11-12H2,1-2H3. The van der Waals surface area contributed by atoms with E-state index in [0.717, 1.165) is 11.4 Å². The van der Waals surface area contributed by atoms with Crippen LogP contribution in [-0.2, 0) is 11.3 Å². The summed E-state index contributed by atoms with van der Waals surface area (Å²) in [6, 6.07) is 11.7. The summed E-state index contributed by atoms with van der Waals surface area (Å²) in [7, 11) is 0. The molecule has 3 rings (SSSR count). The van der Waals surface area contributed by atoms with Crippen molar-refractivity contribution in [2.75, 3.05) is 6.61 Å². The van der Waals surface area contributed by atoms with E-state index in [2.05, 4.69) is 10.6 Å². The largest absolute Gasteiger partial charge is 0.508 e. The molecule has 0 fully saturated rings. The van der Waals surface area contributed by atoms with Gasteiger partial charge in [-0.2, -0.15) is 0 Å². The summed E-state index contributed by atoms with van der Waals surface area (Å²) in [6.45, 7) is 4.23. The lowest BCUT2D eigenvalue weighted by Gasteiger charge is -2.08. The number of hydrogen-bond donors (Lipinski definition) is 1. The molecular weight excluding hydrogens is 350 g/mol. The highest BCUT2D eigenvalue weighted by atomic mass is 32.1. The minimum Gasteiger partial charge on any atom is -0.508 e. The van der Waals surface area contributed by atoms with Gasteiger partial charge in [-0.1, -0.05) is 12.1 Å². The number of carbonyl (C=O) groups is 2. The molecule has 1 aromatic carbocycles. The molecule has 1 N–H and O–H groups in total. The van der Waals surface area contributed by atoms with Crippen molar-refractivity contribution in [1.29, 1.82) is 0 Å². The number of benzene rings is 1. The van der Waals surface area contributed by atoms with Gasteiger partial charge in [-0.25, -0.2) is 4.79 Å². The maximum atomic E-state index is 12.5. The van der Waals surface area contributed by atoms with Crippen LogP contribution in [0.4, 0.5) is 0 Å². The van der Waals surface area contributed by atoms with Gasteiger partial charge in [0, 0.05) is 21.8 Å². The van der Waals surface area contributed by atoms with Crippen LogP contribution >= 0.6 is 11.3 Å². The Morgan fingerprint density at radius 3 is 2.65 bits per heavy atom. The van der Waals surface area contributed by atoms with E-state index in [9.17, 15) is 14.7 Å². The molecule has 0 aliphatic rings. The number of aromatic nitrogens is 1. The van der Waals surface area contributed by atoms with Crippen LogP contribution in [0.15, 0.2) is 47.8 Å².